The Morgan fingerprint density at radius 1 is 1.13 bits per heavy atom. The van der Waals surface area contributed by atoms with E-state index in [2.05, 4.69) is 15.1 Å². The summed E-state index contributed by atoms with van der Waals surface area (Å²) in [5.41, 5.74) is 1.85. The van der Waals surface area contributed by atoms with Gasteiger partial charge in [0, 0.05) is 25.7 Å². The monoisotopic (exact) mass is 319 g/mol. The van der Waals surface area contributed by atoms with E-state index in [4.69, 9.17) is 4.74 Å². The molecule has 1 saturated heterocycles. The summed E-state index contributed by atoms with van der Waals surface area (Å²) in [6.07, 6.45) is 1.56. The highest BCUT2D eigenvalue weighted by Crippen LogP contribution is 2.23. The fraction of sp³-hybridized carbons (Fsp3) is 0.412. The number of hydrogen-bond donors (Lipinski definition) is 0. The molecule has 0 atom stereocenters. The van der Waals surface area contributed by atoms with E-state index < -0.39 is 11.6 Å². The zero-order valence-corrected chi connectivity index (χ0v) is 13.0. The summed E-state index contributed by atoms with van der Waals surface area (Å²) in [5.74, 6) is -1.12. The van der Waals surface area contributed by atoms with E-state index in [1.807, 2.05) is 19.1 Å². The van der Waals surface area contributed by atoms with Gasteiger partial charge in [0.15, 0.2) is 11.6 Å². The van der Waals surface area contributed by atoms with Gasteiger partial charge >= 0.3 is 0 Å². The van der Waals surface area contributed by atoms with Gasteiger partial charge in [-0.1, -0.05) is 0 Å². The quantitative estimate of drug-likeness (QED) is 0.868. The molecule has 0 unspecified atom stereocenters. The van der Waals surface area contributed by atoms with Gasteiger partial charge in [-0.3, -0.25) is 4.90 Å². The first-order chi connectivity index (χ1) is 11.1. The van der Waals surface area contributed by atoms with Gasteiger partial charge in [-0.2, -0.15) is 10.2 Å². The van der Waals surface area contributed by atoms with Gasteiger partial charge in [0.05, 0.1) is 11.4 Å². The molecule has 1 aliphatic heterocycles. The van der Waals surface area contributed by atoms with Gasteiger partial charge in [0.1, 0.15) is 11.9 Å². The van der Waals surface area contributed by atoms with Crippen molar-refractivity contribution in [3.63, 3.8) is 0 Å². The first-order valence-corrected chi connectivity index (χ1v) is 7.73. The highest BCUT2D eigenvalue weighted by molar-refractivity contribution is 5.25. The van der Waals surface area contributed by atoms with Crippen LogP contribution in [0.1, 0.15) is 24.2 Å². The summed E-state index contributed by atoms with van der Waals surface area (Å²) in [5, 5.41) is 8.23. The first-order valence-electron chi connectivity index (χ1n) is 7.73. The molecule has 6 heteroatoms. The van der Waals surface area contributed by atoms with E-state index >= 15 is 0 Å². The standard InChI is InChI=1S/C17H19F2N3O/c1-12-2-4-14(21-20-12)11-22-8-6-15(7-9-22)23-17-5-3-13(18)10-16(17)19/h2-5,10,15H,6-9,11H2,1H3. The minimum absolute atomic E-state index is 0.0460. The number of ether oxygens (including phenoxy) is 1. The van der Waals surface area contributed by atoms with Crippen LogP contribution in [0.25, 0.3) is 0 Å². The van der Waals surface area contributed by atoms with Crippen LogP contribution in [0.2, 0.25) is 0 Å². The second kappa shape index (κ2) is 7.00. The lowest BCUT2D eigenvalue weighted by Crippen LogP contribution is -2.38. The zero-order chi connectivity index (χ0) is 16.2. The fourth-order valence-electron chi connectivity index (χ4n) is 2.68. The van der Waals surface area contributed by atoms with Crippen LogP contribution in [0, 0.1) is 18.6 Å². The lowest BCUT2D eigenvalue weighted by Gasteiger charge is -2.31. The average molecular weight is 319 g/mol. The molecule has 1 aliphatic rings. The summed E-state index contributed by atoms with van der Waals surface area (Å²) in [7, 11) is 0. The van der Waals surface area contributed by atoms with Crippen molar-refractivity contribution < 1.29 is 13.5 Å². The Kier molecular flexibility index (Phi) is 4.81. The molecule has 2 heterocycles. The molecule has 0 saturated carbocycles. The van der Waals surface area contributed by atoms with E-state index in [9.17, 15) is 8.78 Å². The molecule has 1 aromatic heterocycles. The van der Waals surface area contributed by atoms with Gasteiger partial charge in [0.2, 0.25) is 0 Å². The van der Waals surface area contributed by atoms with Crippen LogP contribution < -0.4 is 4.74 Å². The predicted octanol–water partition coefficient (Wildman–Crippen LogP) is 3.11. The Morgan fingerprint density at radius 3 is 2.57 bits per heavy atom. The van der Waals surface area contributed by atoms with E-state index in [1.165, 1.54) is 12.1 Å². The summed E-state index contributed by atoms with van der Waals surface area (Å²) < 4.78 is 32.2. The van der Waals surface area contributed by atoms with Crippen molar-refractivity contribution in [2.75, 3.05) is 13.1 Å². The summed E-state index contributed by atoms with van der Waals surface area (Å²) in [4.78, 5) is 2.28. The van der Waals surface area contributed by atoms with Gasteiger partial charge in [-0.25, -0.2) is 8.78 Å². The van der Waals surface area contributed by atoms with Gasteiger partial charge in [0.25, 0.3) is 0 Å². The highest BCUT2D eigenvalue weighted by atomic mass is 19.1. The third-order valence-corrected chi connectivity index (χ3v) is 3.96. The van der Waals surface area contributed by atoms with Crippen LogP contribution >= 0.6 is 0 Å². The normalized spacial score (nSPS) is 16.5. The molecule has 1 aromatic carbocycles. The Morgan fingerprint density at radius 2 is 1.91 bits per heavy atom. The second-order valence-corrected chi connectivity index (χ2v) is 5.83. The molecule has 2 aromatic rings. The van der Waals surface area contributed by atoms with Crippen molar-refractivity contribution in [2.45, 2.75) is 32.4 Å². The topological polar surface area (TPSA) is 38.2 Å². The Labute approximate surface area is 134 Å². The summed E-state index contributed by atoms with van der Waals surface area (Å²) in [6.45, 7) is 4.37. The van der Waals surface area contributed by atoms with Gasteiger partial charge in [-0.05, 0) is 44.0 Å². The molecule has 0 aliphatic carbocycles. The molecule has 0 N–H and O–H groups in total. The number of likely N-dealkylation sites (tertiary alicyclic amines) is 1. The molecular weight excluding hydrogens is 300 g/mol. The van der Waals surface area contributed by atoms with E-state index in [-0.39, 0.29) is 11.9 Å². The molecule has 0 radical (unpaired) electrons. The Balaban J connectivity index is 1.51. The third kappa shape index (κ3) is 4.22. The smallest absolute Gasteiger partial charge is 0.167 e. The number of benzene rings is 1. The minimum atomic E-state index is -0.651. The molecule has 122 valence electrons. The molecule has 0 bridgehead atoms. The van der Waals surface area contributed by atoms with Crippen LogP contribution in [0.5, 0.6) is 5.75 Å². The Bertz CT molecular complexity index is 655. The van der Waals surface area contributed by atoms with Crippen LogP contribution in [0.4, 0.5) is 8.78 Å². The third-order valence-electron chi connectivity index (χ3n) is 3.96. The maximum absolute atomic E-state index is 13.6. The Hall–Kier alpha value is -2.08. The molecule has 1 fully saturated rings. The van der Waals surface area contributed by atoms with Crippen LogP contribution in [0.15, 0.2) is 30.3 Å². The van der Waals surface area contributed by atoms with Gasteiger partial charge in [-0.15, -0.1) is 0 Å². The molecule has 0 amide bonds. The SMILES string of the molecule is Cc1ccc(CN2CCC(Oc3ccc(F)cc3F)CC2)nn1. The lowest BCUT2D eigenvalue weighted by atomic mass is 10.1. The van der Waals surface area contributed by atoms with Crippen molar-refractivity contribution in [1.82, 2.24) is 15.1 Å². The van der Waals surface area contributed by atoms with Crippen molar-refractivity contribution >= 4 is 0 Å². The maximum Gasteiger partial charge on any atom is 0.167 e. The van der Waals surface area contributed by atoms with Crippen molar-refractivity contribution in [1.29, 1.82) is 0 Å². The average Bonchev–Trinajstić information content (AvgIpc) is 2.54. The highest BCUT2D eigenvalue weighted by Gasteiger charge is 2.22. The fourth-order valence-corrected chi connectivity index (χ4v) is 2.68. The number of nitrogens with zero attached hydrogens (tertiary/aromatic N) is 3. The lowest BCUT2D eigenvalue weighted by molar-refractivity contribution is 0.0926. The summed E-state index contributed by atoms with van der Waals surface area (Å²) in [6, 6.07) is 7.34. The zero-order valence-electron chi connectivity index (χ0n) is 13.0. The number of aryl methyl sites for hydroxylation is 1. The second-order valence-electron chi connectivity index (χ2n) is 5.83. The van der Waals surface area contributed by atoms with Crippen molar-refractivity contribution in [2.24, 2.45) is 0 Å². The maximum atomic E-state index is 13.6. The number of rotatable bonds is 4. The molecular formula is C17H19F2N3O. The van der Waals surface area contributed by atoms with Crippen molar-refractivity contribution in [3.8, 4) is 5.75 Å². The molecule has 4 nitrogen and oxygen atoms in total. The van der Waals surface area contributed by atoms with Crippen LogP contribution in [-0.4, -0.2) is 34.3 Å². The number of aromatic nitrogens is 2. The largest absolute Gasteiger partial charge is 0.487 e. The van der Waals surface area contributed by atoms with Crippen LogP contribution in [0.3, 0.4) is 0 Å². The molecule has 0 spiro atoms. The van der Waals surface area contributed by atoms with Gasteiger partial charge < -0.3 is 4.74 Å². The first kappa shape index (κ1) is 15.8. The minimum Gasteiger partial charge on any atom is -0.487 e. The van der Waals surface area contributed by atoms with Crippen molar-refractivity contribution in [3.05, 3.63) is 53.4 Å². The van der Waals surface area contributed by atoms with E-state index in [0.717, 1.165) is 49.9 Å². The molecule has 23 heavy (non-hydrogen) atoms. The number of halogens is 2. The van der Waals surface area contributed by atoms with E-state index in [1.54, 1.807) is 0 Å². The number of hydrogen-bond acceptors (Lipinski definition) is 4. The van der Waals surface area contributed by atoms with Crippen LogP contribution in [-0.2, 0) is 6.54 Å². The summed E-state index contributed by atoms with van der Waals surface area (Å²) >= 11 is 0. The number of piperidine rings is 1. The van der Waals surface area contributed by atoms with E-state index in [0.29, 0.717) is 0 Å². The predicted molar refractivity (Wildman–Crippen MR) is 82.1 cm³/mol. The molecule has 3 rings (SSSR count).